The van der Waals surface area contributed by atoms with Crippen molar-refractivity contribution in [1.29, 1.82) is 0 Å². The molecule has 0 saturated heterocycles. The summed E-state index contributed by atoms with van der Waals surface area (Å²) in [6, 6.07) is 16.1. The van der Waals surface area contributed by atoms with Crippen molar-refractivity contribution in [3.63, 3.8) is 0 Å². The standard InChI is InChI=1S/C16H18O2S/c1-3-17-13-9-5-7-11-15(13)19-16-12-8-6-10-14(16)18-4-2/h5-12H,3-4H2,1-2H3. The van der Waals surface area contributed by atoms with Crippen LogP contribution in [0.5, 0.6) is 11.5 Å². The molecule has 2 nitrogen and oxygen atoms in total. The summed E-state index contributed by atoms with van der Waals surface area (Å²) in [6.07, 6.45) is 0. The highest BCUT2D eigenvalue weighted by molar-refractivity contribution is 7.99. The van der Waals surface area contributed by atoms with Crippen molar-refractivity contribution in [3.05, 3.63) is 48.5 Å². The molecule has 2 aromatic rings. The molecule has 19 heavy (non-hydrogen) atoms. The molecule has 0 N–H and O–H groups in total. The minimum absolute atomic E-state index is 0.671. The van der Waals surface area contributed by atoms with Gasteiger partial charge in [-0.05, 0) is 38.1 Å². The van der Waals surface area contributed by atoms with E-state index in [0.717, 1.165) is 21.3 Å². The molecule has 0 fully saturated rings. The van der Waals surface area contributed by atoms with Gasteiger partial charge in [-0.2, -0.15) is 0 Å². The van der Waals surface area contributed by atoms with Crippen LogP contribution < -0.4 is 9.47 Å². The number of hydrogen-bond acceptors (Lipinski definition) is 3. The molecular formula is C16H18O2S. The van der Waals surface area contributed by atoms with Gasteiger partial charge in [0.1, 0.15) is 11.5 Å². The van der Waals surface area contributed by atoms with E-state index in [9.17, 15) is 0 Å². The number of rotatable bonds is 6. The van der Waals surface area contributed by atoms with Gasteiger partial charge < -0.3 is 9.47 Å². The summed E-state index contributed by atoms with van der Waals surface area (Å²) in [5.74, 6) is 1.84. The summed E-state index contributed by atoms with van der Waals surface area (Å²) in [7, 11) is 0. The van der Waals surface area contributed by atoms with Crippen LogP contribution >= 0.6 is 11.8 Å². The maximum atomic E-state index is 5.65. The minimum Gasteiger partial charge on any atom is -0.493 e. The molecule has 0 aromatic heterocycles. The molecule has 2 rings (SSSR count). The van der Waals surface area contributed by atoms with Crippen LogP contribution in [0.4, 0.5) is 0 Å². The zero-order chi connectivity index (χ0) is 13.5. The van der Waals surface area contributed by atoms with Crippen molar-refractivity contribution in [2.24, 2.45) is 0 Å². The predicted molar refractivity (Wildman–Crippen MR) is 79.3 cm³/mol. The third kappa shape index (κ3) is 3.67. The van der Waals surface area contributed by atoms with Crippen LogP contribution in [0, 0.1) is 0 Å². The highest BCUT2D eigenvalue weighted by atomic mass is 32.2. The molecule has 0 aliphatic carbocycles. The quantitative estimate of drug-likeness (QED) is 0.765. The van der Waals surface area contributed by atoms with E-state index in [1.807, 2.05) is 50.2 Å². The average molecular weight is 274 g/mol. The topological polar surface area (TPSA) is 18.5 Å². The fourth-order valence-corrected chi connectivity index (χ4v) is 2.72. The molecule has 0 spiro atoms. The Morgan fingerprint density at radius 3 is 1.58 bits per heavy atom. The van der Waals surface area contributed by atoms with Crippen LogP contribution in [0.2, 0.25) is 0 Å². The molecule has 0 saturated carbocycles. The Morgan fingerprint density at radius 2 is 1.16 bits per heavy atom. The van der Waals surface area contributed by atoms with Gasteiger partial charge in [-0.3, -0.25) is 0 Å². The second kappa shape index (κ2) is 7.10. The monoisotopic (exact) mass is 274 g/mol. The Bertz CT molecular complexity index is 478. The van der Waals surface area contributed by atoms with E-state index in [-0.39, 0.29) is 0 Å². The fraction of sp³-hybridized carbons (Fsp3) is 0.250. The molecule has 0 amide bonds. The lowest BCUT2D eigenvalue weighted by atomic mass is 10.3. The van der Waals surface area contributed by atoms with Gasteiger partial charge in [0.05, 0.1) is 23.0 Å². The summed E-state index contributed by atoms with van der Waals surface area (Å²) in [5.41, 5.74) is 0. The Morgan fingerprint density at radius 1 is 0.737 bits per heavy atom. The molecular weight excluding hydrogens is 256 g/mol. The largest absolute Gasteiger partial charge is 0.493 e. The van der Waals surface area contributed by atoms with E-state index in [1.165, 1.54) is 0 Å². The van der Waals surface area contributed by atoms with Gasteiger partial charge in [0.2, 0.25) is 0 Å². The zero-order valence-corrected chi connectivity index (χ0v) is 12.1. The molecule has 2 aromatic carbocycles. The van der Waals surface area contributed by atoms with Gasteiger partial charge in [-0.1, -0.05) is 36.0 Å². The first-order chi connectivity index (χ1) is 9.35. The lowest BCUT2D eigenvalue weighted by molar-refractivity contribution is 0.330. The van der Waals surface area contributed by atoms with E-state index in [0.29, 0.717) is 13.2 Å². The van der Waals surface area contributed by atoms with Crippen molar-refractivity contribution in [3.8, 4) is 11.5 Å². The normalized spacial score (nSPS) is 10.2. The summed E-state index contributed by atoms with van der Waals surface area (Å²) < 4.78 is 11.3. The third-order valence-electron chi connectivity index (χ3n) is 2.52. The summed E-state index contributed by atoms with van der Waals surface area (Å²) in [5, 5.41) is 0. The number of para-hydroxylation sites is 2. The second-order valence-corrected chi connectivity index (χ2v) is 4.95. The zero-order valence-electron chi connectivity index (χ0n) is 11.3. The molecule has 100 valence electrons. The van der Waals surface area contributed by atoms with Gasteiger partial charge in [-0.15, -0.1) is 0 Å². The Kier molecular flexibility index (Phi) is 5.16. The summed E-state index contributed by atoms with van der Waals surface area (Å²) in [6.45, 7) is 5.33. The molecule has 0 aliphatic rings. The first-order valence-corrected chi connectivity index (χ1v) is 7.28. The Balaban J connectivity index is 2.25. The van der Waals surface area contributed by atoms with E-state index in [2.05, 4.69) is 12.1 Å². The van der Waals surface area contributed by atoms with Gasteiger partial charge in [0.15, 0.2) is 0 Å². The van der Waals surface area contributed by atoms with Crippen molar-refractivity contribution in [2.75, 3.05) is 13.2 Å². The van der Waals surface area contributed by atoms with Gasteiger partial charge in [0, 0.05) is 0 Å². The molecule has 3 heteroatoms. The van der Waals surface area contributed by atoms with Crippen molar-refractivity contribution in [1.82, 2.24) is 0 Å². The Labute approximate surface area is 118 Å². The molecule has 0 radical (unpaired) electrons. The van der Waals surface area contributed by atoms with Gasteiger partial charge in [0.25, 0.3) is 0 Å². The first kappa shape index (κ1) is 13.8. The average Bonchev–Trinajstić information content (AvgIpc) is 2.44. The van der Waals surface area contributed by atoms with Crippen molar-refractivity contribution < 1.29 is 9.47 Å². The molecule has 0 aliphatic heterocycles. The fourth-order valence-electron chi connectivity index (χ4n) is 1.74. The highest BCUT2D eigenvalue weighted by Gasteiger charge is 2.08. The second-order valence-electron chi connectivity index (χ2n) is 3.86. The van der Waals surface area contributed by atoms with Crippen LogP contribution in [-0.2, 0) is 0 Å². The maximum Gasteiger partial charge on any atom is 0.133 e. The lowest BCUT2D eigenvalue weighted by Crippen LogP contribution is -1.94. The summed E-state index contributed by atoms with van der Waals surface area (Å²) in [4.78, 5) is 2.22. The van der Waals surface area contributed by atoms with Crippen LogP contribution in [0.1, 0.15) is 13.8 Å². The van der Waals surface area contributed by atoms with Gasteiger partial charge in [-0.25, -0.2) is 0 Å². The maximum absolute atomic E-state index is 5.65. The Hall–Kier alpha value is -1.61. The van der Waals surface area contributed by atoms with E-state index < -0.39 is 0 Å². The predicted octanol–water partition coefficient (Wildman–Crippen LogP) is 4.64. The minimum atomic E-state index is 0.671. The van der Waals surface area contributed by atoms with E-state index in [1.54, 1.807) is 11.8 Å². The van der Waals surface area contributed by atoms with Crippen molar-refractivity contribution in [2.45, 2.75) is 23.6 Å². The van der Waals surface area contributed by atoms with Crippen LogP contribution in [0.25, 0.3) is 0 Å². The molecule has 0 bridgehead atoms. The molecule has 0 heterocycles. The number of hydrogen-bond donors (Lipinski definition) is 0. The highest BCUT2D eigenvalue weighted by Crippen LogP contribution is 2.39. The smallest absolute Gasteiger partial charge is 0.133 e. The van der Waals surface area contributed by atoms with Crippen LogP contribution in [0.3, 0.4) is 0 Å². The first-order valence-electron chi connectivity index (χ1n) is 6.46. The molecule has 0 atom stereocenters. The number of benzene rings is 2. The number of ether oxygens (including phenoxy) is 2. The SMILES string of the molecule is CCOc1ccccc1Sc1ccccc1OCC. The van der Waals surface area contributed by atoms with E-state index >= 15 is 0 Å². The third-order valence-corrected chi connectivity index (χ3v) is 3.63. The summed E-state index contributed by atoms with van der Waals surface area (Å²) >= 11 is 1.67. The van der Waals surface area contributed by atoms with Crippen molar-refractivity contribution >= 4 is 11.8 Å². The van der Waals surface area contributed by atoms with E-state index in [4.69, 9.17) is 9.47 Å². The lowest BCUT2D eigenvalue weighted by Gasteiger charge is -2.12. The van der Waals surface area contributed by atoms with Gasteiger partial charge >= 0.3 is 0 Å². The molecule has 0 unspecified atom stereocenters. The van der Waals surface area contributed by atoms with Crippen LogP contribution in [-0.4, -0.2) is 13.2 Å². The van der Waals surface area contributed by atoms with Crippen LogP contribution in [0.15, 0.2) is 58.3 Å².